The summed E-state index contributed by atoms with van der Waals surface area (Å²) >= 11 is 2.77. The molecule has 0 saturated heterocycles. The van der Waals surface area contributed by atoms with E-state index < -0.39 is 5.97 Å². The molecule has 1 aromatic carbocycles. The largest absolute Gasteiger partial charge is 0.497 e. The van der Waals surface area contributed by atoms with E-state index in [1.807, 2.05) is 31.2 Å². The van der Waals surface area contributed by atoms with E-state index in [1.165, 1.54) is 23.1 Å². The lowest BCUT2D eigenvalue weighted by molar-refractivity contribution is -0.145. The van der Waals surface area contributed by atoms with E-state index >= 15 is 0 Å². The molecule has 0 bridgehead atoms. The summed E-state index contributed by atoms with van der Waals surface area (Å²) in [6.07, 6.45) is -0.239. The Morgan fingerprint density at radius 3 is 2.61 bits per heavy atom. The van der Waals surface area contributed by atoms with Crippen molar-refractivity contribution in [2.75, 3.05) is 19.5 Å². The van der Waals surface area contributed by atoms with E-state index in [-0.39, 0.29) is 24.6 Å². The number of Topliss-reactive ketones (excluding diaryl/α,β-unsaturated/α-hetero) is 1. The first-order chi connectivity index (χ1) is 13.5. The lowest BCUT2D eigenvalue weighted by atomic mass is 10.1. The second-order valence-electron chi connectivity index (χ2n) is 5.80. The minimum absolute atomic E-state index is 0.112. The molecule has 2 aromatic heterocycles. The summed E-state index contributed by atoms with van der Waals surface area (Å²) in [5.74, 6) is 0.148. The topological polar surface area (TPSA) is 91.3 Å². The van der Waals surface area contributed by atoms with Crippen molar-refractivity contribution in [3.05, 3.63) is 29.3 Å². The molecular formula is C19H19N3O4S2. The molecule has 0 radical (unpaired) electrons. The van der Waals surface area contributed by atoms with Gasteiger partial charge >= 0.3 is 5.97 Å². The Balaban J connectivity index is 1.83. The van der Waals surface area contributed by atoms with Crippen LogP contribution in [0.1, 0.15) is 18.4 Å². The van der Waals surface area contributed by atoms with Gasteiger partial charge < -0.3 is 9.47 Å². The number of ketones is 1. The summed E-state index contributed by atoms with van der Waals surface area (Å²) in [4.78, 5) is 28.0. The molecule has 3 rings (SSSR count). The van der Waals surface area contributed by atoms with Crippen LogP contribution in [0.5, 0.6) is 5.75 Å². The third kappa shape index (κ3) is 4.66. The third-order valence-electron chi connectivity index (χ3n) is 3.77. The summed E-state index contributed by atoms with van der Waals surface area (Å²) in [7, 11) is 1.62. The molecule has 3 aromatic rings. The first-order valence-corrected chi connectivity index (χ1v) is 10.4. The highest BCUT2D eigenvalue weighted by Gasteiger charge is 2.18. The number of hydrogen-bond donors (Lipinski definition) is 0. The number of esters is 1. The van der Waals surface area contributed by atoms with E-state index in [1.54, 1.807) is 14.0 Å². The highest BCUT2D eigenvalue weighted by atomic mass is 32.2. The number of rotatable bonds is 8. The monoisotopic (exact) mass is 417 g/mol. The van der Waals surface area contributed by atoms with Crippen LogP contribution in [0.25, 0.3) is 21.5 Å². The fourth-order valence-electron chi connectivity index (χ4n) is 2.53. The van der Waals surface area contributed by atoms with E-state index in [0.717, 1.165) is 32.2 Å². The normalized spacial score (nSPS) is 10.8. The second kappa shape index (κ2) is 9.11. The molecule has 0 spiro atoms. The molecule has 146 valence electrons. The molecule has 28 heavy (non-hydrogen) atoms. The summed E-state index contributed by atoms with van der Waals surface area (Å²) in [6.45, 7) is 3.89. The van der Waals surface area contributed by atoms with Crippen molar-refractivity contribution < 1.29 is 19.1 Å². The number of nitrogens with zero attached hydrogens (tertiary/aromatic N) is 3. The molecule has 9 heteroatoms. The standard InChI is InChI=1S/C19H19N3O4S2/c1-4-26-15(24)9-13(23)10-27-19-17-18(28-11(2)20-17)16(21-22-19)12-5-7-14(25-3)8-6-12/h5-8H,4,9-10H2,1-3H3. The van der Waals surface area contributed by atoms with Gasteiger partial charge in [0, 0.05) is 5.56 Å². The summed E-state index contributed by atoms with van der Waals surface area (Å²) in [6, 6.07) is 7.58. The third-order valence-corrected chi connectivity index (χ3v) is 5.77. The van der Waals surface area contributed by atoms with Crippen LogP contribution in [0, 0.1) is 6.92 Å². The lowest BCUT2D eigenvalue weighted by Gasteiger charge is -2.06. The van der Waals surface area contributed by atoms with E-state index in [9.17, 15) is 9.59 Å². The highest BCUT2D eigenvalue weighted by molar-refractivity contribution is 8.00. The predicted octanol–water partition coefficient (Wildman–Crippen LogP) is 3.68. The van der Waals surface area contributed by atoms with Crippen LogP contribution in [0.4, 0.5) is 0 Å². The maximum Gasteiger partial charge on any atom is 0.313 e. The molecule has 0 aliphatic carbocycles. The van der Waals surface area contributed by atoms with Gasteiger partial charge in [-0.15, -0.1) is 21.5 Å². The maximum absolute atomic E-state index is 12.0. The SMILES string of the molecule is CCOC(=O)CC(=O)CSc1nnc(-c2ccc(OC)cc2)c2sc(C)nc12. The molecule has 0 saturated carbocycles. The van der Waals surface area contributed by atoms with Crippen molar-refractivity contribution in [3.8, 4) is 17.0 Å². The Morgan fingerprint density at radius 2 is 1.93 bits per heavy atom. The number of fused-ring (bicyclic) bond motifs is 1. The molecule has 0 amide bonds. The maximum atomic E-state index is 12.0. The van der Waals surface area contributed by atoms with E-state index in [2.05, 4.69) is 15.2 Å². The van der Waals surface area contributed by atoms with Crippen LogP contribution in [-0.2, 0) is 14.3 Å². The van der Waals surface area contributed by atoms with Gasteiger partial charge in [0.1, 0.15) is 28.4 Å². The average Bonchev–Trinajstić information content (AvgIpc) is 3.08. The number of benzene rings is 1. The Morgan fingerprint density at radius 1 is 1.18 bits per heavy atom. The number of thiazole rings is 1. The number of carbonyl (C=O) groups excluding carboxylic acids is 2. The number of thioether (sulfide) groups is 1. The lowest BCUT2D eigenvalue weighted by Crippen LogP contribution is -2.12. The predicted molar refractivity (Wildman–Crippen MR) is 109 cm³/mol. The molecule has 0 unspecified atom stereocenters. The van der Waals surface area contributed by atoms with Crippen LogP contribution in [0.3, 0.4) is 0 Å². The first kappa shape index (κ1) is 20.2. The minimum atomic E-state index is -0.510. The summed E-state index contributed by atoms with van der Waals surface area (Å²) in [5, 5.41) is 10.1. The van der Waals surface area contributed by atoms with Gasteiger partial charge in [0.25, 0.3) is 0 Å². The van der Waals surface area contributed by atoms with Gasteiger partial charge in [-0.05, 0) is 38.1 Å². The minimum Gasteiger partial charge on any atom is -0.497 e. The Hall–Kier alpha value is -2.52. The van der Waals surface area contributed by atoms with Crippen LogP contribution in [0.2, 0.25) is 0 Å². The average molecular weight is 418 g/mol. The van der Waals surface area contributed by atoms with Crippen molar-refractivity contribution in [2.45, 2.75) is 25.3 Å². The molecule has 0 atom stereocenters. The van der Waals surface area contributed by atoms with E-state index in [0.29, 0.717) is 5.03 Å². The number of ether oxygens (including phenoxy) is 2. The van der Waals surface area contributed by atoms with Crippen molar-refractivity contribution in [2.24, 2.45) is 0 Å². The van der Waals surface area contributed by atoms with Crippen molar-refractivity contribution >= 4 is 45.1 Å². The fourth-order valence-corrected chi connectivity index (χ4v) is 4.30. The van der Waals surface area contributed by atoms with Gasteiger partial charge in [-0.2, -0.15) is 0 Å². The van der Waals surface area contributed by atoms with Crippen molar-refractivity contribution in [1.82, 2.24) is 15.2 Å². The highest BCUT2D eigenvalue weighted by Crippen LogP contribution is 2.35. The van der Waals surface area contributed by atoms with Gasteiger partial charge in [0.2, 0.25) is 0 Å². The van der Waals surface area contributed by atoms with Gasteiger partial charge in [0.15, 0.2) is 5.78 Å². The molecule has 0 N–H and O–H groups in total. The second-order valence-corrected chi connectivity index (χ2v) is 7.97. The van der Waals surface area contributed by atoms with E-state index in [4.69, 9.17) is 9.47 Å². The zero-order chi connectivity index (χ0) is 20.1. The quantitative estimate of drug-likeness (QED) is 0.311. The fraction of sp³-hybridized carbons (Fsp3) is 0.316. The molecular weight excluding hydrogens is 398 g/mol. The van der Waals surface area contributed by atoms with Crippen LogP contribution in [-0.4, -0.2) is 46.4 Å². The molecule has 0 fully saturated rings. The van der Waals surface area contributed by atoms with Crippen LogP contribution < -0.4 is 4.74 Å². The Kier molecular flexibility index (Phi) is 6.58. The van der Waals surface area contributed by atoms with Crippen LogP contribution >= 0.6 is 23.1 Å². The number of methoxy groups -OCH3 is 1. The molecule has 0 aliphatic rings. The van der Waals surface area contributed by atoms with Gasteiger partial charge in [-0.1, -0.05) is 11.8 Å². The zero-order valence-corrected chi connectivity index (χ0v) is 17.4. The van der Waals surface area contributed by atoms with Gasteiger partial charge in [0.05, 0.1) is 29.2 Å². The summed E-state index contributed by atoms with van der Waals surface area (Å²) < 4.78 is 10.9. The number of aryl methyl sites for hydroxylation is 1. The van der Waals surface area contributed by atoms with Gasteiger partial charge in [-0.3, -0.25) is 9.59 Å². The van der Waals surface area contributed by atoms with Crippen molar-refractivity contribution in [1.29, 1.82) is 0 Å². The Bertz CT molecular complexity index is 1000. The number of hydrogen-bond acceptors (Lipinski definition) is 9. The molecule has 7 nitrogen and oxygen atoms in total. The van der Waals surface area contributed by atoms with Gasteiger partial charge in [-0.25, -0.2) is 4.98 Å². The van der Waals surface area contributed by atoms with Crippen LogP contribution in [0.15, 0.2) is 29.3 Å². The number of carbonyl (C=O) groups is 2. The molecule has 2 heterocycles. The first-order valence-electron chi connectivity index (χ1n) is 8.60. The smallest absolute Gasteiger partial charge is 0.313 e. The number of aromatic nitrogens is 3. The Labute approximate surface area is 170 Å². The molecule has 0 aliphatic heterocycles. The zero-order valence-electron chi connectivity index (χ0n) is 15.7. The summed E-state index contributed by atoms with van der Waals surface area (Å²) in [5.41, 5.74) is 2.37. The van der Waals surface area contributed by atoms with Crippen molar-refractivity contribution in [3.63, 3.8) is 0 Å².